The molecular formula is C26H20O8. The van der Waals surface area contributed by atoms with Crippen molar-refractivity contribution >= 4 is 45.4 Å². The number of ether oxygens (including phenoxy) is 2. The lowest BCUT2D eigenvalue weighted by molar-refractivity contribution is 0.0590. The van der Waals surface area contributed by atoms with Gasteiger partial charge in [-0.2, -0.15) is 0 Å². The molecule has 0 aliphatic rings. The number of esters is 2. The molecule has 0 bridgehead atoms. The zero-order valence-corrected chi connectivity index (χ0v) is 18.3. The molecule has 8 nitrogen and oxygen atoms in total. The van der Waals surface area contributed by atoms with Crippen LogP contribution >= 0.6 is 0 Å². The fourth-order valence-corrected chi connectivity index (χ4v) is 3.55. The predicted octanol–water partition coefficient (Wildman–Crippen LogP) is 4.65. The molecule has 0 aromatic heterocycles. The van der Waals surface area contributed by atoms with Crippen LogP contribution in [0.2, 0.25) is 0 Å². The minimum atomic E-state index is -1.06. The third kappa shape index (κ3) is 4.71. The number of hydrogen-bond donors (Lipinski definition) is 2. The molecule has 0 saturated carbocycles. The van der Waals surface area contributed by atoms with E-state index in [1.54, 1.807) is 60.7 Å². The van der Waals surface area contributed by atoms with E-state index in [2.05, 4.69) is 0 Å². The zero-order valence-electron chi connectivity index (χ0n) is 18.3. The van der Waals surface area contributed by atoms with Crippen LogP contribution < -0.4 is 0 Å². The molecule has 0 amide bonds. The van der Waals surface area contributed by atoms with Gasteiger partial charge >= 0.3 is 23.9 Å². The summed E-state index contributed by atoms with van der Waals surface area (Å²) >= 11 is 0. The van der Waals surface area contributed by atoms with Gasteiger partial charge in [0.2, 0.25) is 0 Å². The van der Waals surface area contributed by atoms with Crippen LogP contribution in [0.1, 0.15) is 41.4 Å². The Morgan fingerprint density at radius 3 is 1.03 bits per heavy atom. The smallest absolute Gasteiger partial charge is 0.338 e. The van der Waals surface area contributed by atoms with Crippen LogP contribution in [0.4, 0.5) is 0 Å². The number of benzene rings is 4. The lowest BCUT2D eigenvalue weighted by Crippen LogP contribution is -2.06. The Bertz CT molecular complexity index is 1310. The maximum atomic E-state index is 11.6. The van der Waals surface area contributed by atoms with Gasteiger partial charge in [0.25, 0.3) is 0 Å². The molecule has 0 spiro atoms. The molecule has 0 saturated heterocycles. The van der Waals surface area contributed by atoms with Crippen LogP contribution in [0.25, 0.3) is 21.5 Å². The van der Waals surface area contributed by atoms with E-state index >= 15 is 0 Å². The lowest BCUT2D eigenvalue weighted by Gasteiger charge is -2.08. The van der Waals surface area contributed by atoms with Crippen LogP contribution in [0.15, 0.2) is 72.8 Å². The van der Waals surface area contributed by atoms with E-state index in [1.165, 1.54) is 26.4 Å². The molecule has 0 atom stereocenters. The van der Waals surface area contributed by atoms with Gasteiger partial charge in [-0.25, -0.2) is 19.2 Å². The Balaban J connectivity index is 0.000000192. The van der Waals surface area contributed by atoms with Crippen molar-refractivity contribution in [3.63, 3.8) is 0 Å². The summed E-state index contributed by atoms with van der Waals surface area (Å²) in [6.45, 7) is 0. The number of carboxylic acids is 2. The quantitative estimate of drug-likeness (QED) is 0.421. The van der Waals surface area contributed by atoms with Gasteiger partial charge < -0.3 is 19.7 Å². The highest BCUT2D eigenvalue weighted by Crippen LogP contribution is 2.24. The van der Waals surface area contributed by atoms with Gasteiger partial charge in [-0.15, -0.1) is 0 Å². The van der Waals surface area contributed by atoms with E-state index in [-0.39, 0.29) is 11.1 Å². The first kappa shape index (κ1) is 23.9. The van der Waals surface area contributed by atoms with Crippen molar-refractivity contribution in [2.24, 2.45) is 0 Å². The van der Waals surface area contributed by atoms with Gasteiger partial charge in [-0.05, 0) is 45.8 Å². The van der Waals surface area contributed by atoms with Gasteiger partial charge in [-0.1, -0.05) is 48.5 Å². The summed E-state index contributed by atoms with van der Waals surface area (Å²) in [5.41, 5.74) is 1.09. The highest BCUT2D eigenvalue weighted by molar-refractivity contribution is 6.12. The van der Waals surface area contributed by atoms with E-state index < -0.39 is 23.9 Å². The second kappa shape index (κ2) is 10.3. The monoisotopic (exact) mass is 460 g/mol. The normalized spacial score (nSPS) is 10.2. The summed E-state index contributed by atoms with van der Waals surface area (Å²) in [5, 5.41) is 20.2. The van der Waals surface area contributed by atoms with Crippen molar-refractivity contribution < 1.29 is 38.9 Å². The number of aromatic carboxylic acids is 2. The van der Waals surface area contributed by atoms with Crippen LogP contribution in [-0.4, -0.2) is 48.3 Å². The minimum absolute atomic E-state index is 0.112. The number of rotatable bonds is 4. The molecule has 4 rings (SSSR count). The molecule has 0 aliphatic carbocycles. The lowest BCUT2D eigenvalue weighted by atomic mass is 9.99. The van der Waals surface area contributed by atoms with Crippen molar-refractivity contribution in [3.05, 3.63) is 95.1 Å². The number of fused-ring (bicyclic) bond motifs is 2. The van der Waals surface area contributed by atoms with Crippen molar-refractivity contribution in [1.29, 1.82) is 0 Å². The van der Waals surface area contributed by atoms with Crippen molar-refractivity contribution in [2.45, 2.75) is 0 Å². The Morgan fingerprint density at radius 2 is 0.765 bits per heavy atom. The topological polar surface area (TPSA) is 127 Å². The van der Waals surface area contributed by atoms with Crippen LogP contribution in [0, 0.1) is 0 Å². The van der Waals surface area contributed by atoms with E-state index in [0.29, 0.717) is 32.7 Å². The van der Waals surface area contributed by atoms with Crippen LogP contribution in [0.5, 0.6) is 0 Å². The molecule has 0 heterocycles. The van der Waals surface area contributed by atoms with Gasteiger partial charge in [-0.3, -0.25) is 0 Å². The van der Waals surface area contributed by atoms with Gasteiger partial charge in [0.1, 0.15) is 0 Å². The van der Waals surface area contributed by atoms with E-state index in [9.17, 15) is 19.2 Å². The van der Waals surface area contributed by atoms with Crippen molar-refractivity contribution in [1.82, 2.24) is 0 Å². The Kier molecular flexibility index (Phi) is 7.23. The standard InChI is InChI=1S/C14H12O4.C12H8O4/c1-17-13(15)11-7-8-12(14(16)18-2)10-6-4-3-5-9(10)11;13-11(14)9-5-6-10(12(15)16)8-4-2-1-3-7(8)9/h3-8H,1-2H3;1-6H,(H,13,14)(H,15,16). The summed E-state index contributed by atoms with van der Waals surface area (Å²) in [5.74, 6) is -2.98. The molecule has 34 heavy (non-hydrogen) atoms. The number of carbonyl (C=O) groups excluding carboxylic acids is 2. The van der Waals surface area contributed by atoms with Crippen LogP contribution in [-0.2, 0) is 9.47 Å². The molecule has 8 heteroatoms. The maximum Gasteiger partial charge on any atom is 0.338 e. The van der Waals surface area contributed by atoms with Gasteiger partial charge in [0.05, 0.1) is 36.5 Å². The SMILES string of the molecule is COC(=O)c1ccc(C(=O)OC)c2ccccc12.O=C(O)c1ccc(C(=O)O)c2ccccc12. The third-order valence-corrected chi connectivity index (χ3v) is 5.12. The molecule has 0 radical (unpaired) electrons. The van der Waals surface area contributed by atoms with E-state index in [0.717, 1.165) is 0 Å². The fourth-order valence-electron chi connectivity index (χ4n) is 3.55. The molecule has 2 N–H and O–H groups in total. The molecule has 4 aromatic carbocycles. The van der Waals surface area contributed by atoms with E-state index in [1.807, 2.05) is 0 Å². The number of methoxy groups -OCH3 is 2. The minimum Gasteiger partial charge on any atom is -0.478 e. The summed E-state index contributed by atoms with van der Waals surface area (Å²) in [4.78, 5) is 45.2. The average Bonchev–Trinajstić information content (AvgIpc) is 2.86. The highest BCUT2D eigenvalue weighted by atomic mass is 16.5. The number of hydrogen-bond acceptors (Lipinski definition) is 6. The first-order valence-corrected chi connectivity index (χ1v) is 9.96. The van der Waals surface area contributed by atoms with Crippen molar-refractivity contribution in [3.8, 4) is 0 Å². The average molecular weight is 460 g/mol. The molecule has 0 unspecified atom stereocenters. The Morgan fingerprint density at radius 1 is 0.500 bits per heavy atom. The highest BCUT2D eigenvalue weighted by Gasteiger charge is 2.16. The first-order valence-electron chi connectivity index (χ1n) is 9.96. The summed E-state index contributed by atoms with van der Waals surface area (Å²) in [7, 11) is 2.65. The predicted molar refractivity (Wildman–Crippen MR) is 124 cm³/mol. The fraction of sp³-hybridized carbons (Fsp3) is 0.0769. The molecule has 0 aliphatic heterocycles. The van der Waals surface area contributed by atoms with Crippen molar-refractivity contribution in [2.75, 3.05) is 14.2 Å². The molecule has 0 fully saturated rings. The molecule has 172 valence electrons. The second-order valence-corrected chi connectivity index (χ2v) is 7.01. The van der Waals surface area contributed by atoms with Gasteiger partial charge in [0.15, 0.2) is 0 Å². The summed E-state index contributed by atoms with van der Waals surface area (Å²) < 4.78 is 9.43. The Labute approximate surface area is 194 Å². The largest absolute Gasteiger partial charge is 0.478 e. The van der Waals surface area contributed by atoms with Gasteiger partial charge in [0, 0.05) is 0 Å². The number of carbonyl (C=O) groups is 4. The van der Waals surface area contributed by atoms with E-state index in [4.69, 9.17) is 19.7 Å². The summed E-state index contributed by atoms with van der Waals surface area (Å²) in [6.07, 6.45) is 0. The third-order valence-electron chi connectivity index (χ3n) is 5.12. The maximum absolute atomic E-state index is 11.6. The second-order valence-electron chi connectivity index (χ2n) is 7.01. The number of carboxylic acid groups (broad SMARTS) is 2. The Hall–Kier alpha value is -4.72. The molecule has 4 aromatic rings. The first-order chi connectivity index (χ1) is 16.3. The van der Waals surface area contributed by atoms with Crippen LogP contribution in [0.3, 0.4) is 0 Å². The zero-order chi connectivity index (χ0) is 24.8. The summed E-state index contributed by atoms with van der Waals surface area (Å²) in [6, 6.07) is 19.5. The molecular weight excluding hydrogens is 440 g/mol.